The van der Waals surface area contributed by atoms with Crippen LogP contribution in [-0.4, -0.2) is 8.93 Å². The van der Waals surface area contributed by atoms with Gasteiger partial charge < -0.3 is 0 Å². The fraction of sp³-hybridized carbons (Fsp3) is 0. The maximum Gasteiger partial charge on any atom is 0.237 e. The maximum atomic E-state index is 12.1. The molecule has 0 aromatic heterocycles. The highest BCUT2D eigenvalue weighted by Crippen LogP contribution is 2.13. The van der Waals surface area contributed by atoms with E-state index in [1.54, 1.807) is 0 Å². The van der Waals surface area contributed by atoms with Crippen molar-refractivity contribution in [1.82, 2.24) is 0 Å². The molecule has 0 saturated carbocycles. The summed E-state index contributed by atoms with van der Waals surface area (Å²) in [4.78, 5) is 3.34. The van der Waals surface area contributed by atoms with Crippen LogP contribution in [0, 0.1) is 0 Å². The van der Waals surface area contributed by atoms with Crippen LogP contribution in [0.5, 0.6) is 0 Å². The maximum absolute atomic E-state index is 12.1. The van der Waals surface area contributed by atoms with Gasteiger partial charge >= 0.3 is 0 Å². The van der Waals surface area contributed by atoms with Crippen molar-refractivity contribution in [1.29, 1.82) is 0 Å². The van der Waals surface area contributed by atoms with Crippen LogP contribution < -0.4 is 0 Å². The summed E-state index contributed by atoms with van der Waals surface area (Å²) in [6.07, 6.45) is 1.45. The number of nitrogens with zero attached hydrogens (tertiary/aromatic N) is 1. The van der Waals surface area contributed by atoms with Crippen molar-refractivity contribution in [2.24, 2.45) is 4.99 Å². The van der Waals surface area contributed by atoms with Crippen LogP contribution in [-0.2, 0) is 0 Å². The molecule has 0 aromatic rings. The minimum atomic E-state index is -0.512. The lowest BCUT2D eigenvalue weighted by Gasteiger charge is -1.91. The van der Waals surface area contributed by atoms with Crippen LogP contribution in [0.2, 0.25) is 0 Å². The van der Waals surface area contributed by atoms with Crippen molar-refractivity contribution < 1.29 is 4.39 Å². The fourth-order valence-electron chi connectivity index (χ4n) is 0.271. The van der Waals surface area contributed by atoms with Gasteiger partial charge in [0, 0.05) is 6.20 Å². The molecule has 0 amide bonds. The third-order valence-corrected chi connectivity index (χ3v) is 2.94. The summed E-state index contributed by atoms with van der Waals surface area (Å²) in [6.45, 7) is 0. The second-order valence-electron chi connectivity index (χ2n) is 1.06. The molecule has 0 fully saturated rings. The predicted octanol–water partition coefficient (Wildman–Crippen LogP) is 2.18. The standard InChI is InChI=1S/C4H2ClFIN/c5-3-4(6)8-2-1-7-3/h1-2H. The van der Waals surface area contributed by atoms with Crippen molar-refractivity contribution in [2.75, 3.05) is 0 Å². The van der Waals surface area contributed by atoms with Gasteiger partial charge in [-0.3, -0.25) is 0 Å². The molecule has 1 heterocycles. The van der Waals surface area contributed by atoms with Gasteiger partial charge in [-0.05, 0) is 4.08 Å². The molecule has 0 spiro atoms. The van der Waals surface area contributed by atoms with Gasteiger partial charge in [-0.15, -0.1) is 0 Å². The molecule has 1 aliphatic heterocycles. The third kappa shape index (κ3) is 1.35. The van der Waals surface area contributed by atoms with E-state index in [0.717, 1.165) is 0 Å². The van der Waals surface area contributed by atoms with Crippen LogP contribution in [0.3, 0.4) is 0 Å². The monoisotopic (exact) mass is 245 g/mol. The molecule has 1 aliphatic rings. The van der Waals surface area contributed by atoms with E-state index >= 15 is 0 Å². The third-order valence-electron chi connectivity index (χ3n) is 0.559. The molecule has 0 aromatic carbocycles. The summed E-state index contributed by atoms with van der Waals surface area (Å²) in [5.41, 5.74) is 0. The average Bonchev–Trinajstić information content (AvgIpc) is 1.77. The predicted molar refractivity (Wildman–Crippen MR) is 42.6 cm³/mol. The number of hydrogen-bond donors (Lipinski definition) is 0. The number of rotatable bonds is 0. The van der Waals surface area contributed by atoms with Crippen LogP contribution >= 0.6 is 32.3 Å². The Labute approximate surface area is 61.0 Å². The first-order chi connectivity index (χ1) is 3.80. The minimum absolute atomic E-state index is 0.298. The molecule has 0 radical (unpaired) electrons. The van der Waals surface area contributed by atoms with Crippen LogP contribution in [0.1, 0.15) is 0 Å². The largest absolute Gasteiger partial charge is 0.237 e. The highest BCUT2D eigenvalue weighted by Gasteiger charge is 2.02. The molecule has 0 bridgehead atoms. The van der Waals surface area contributed by atoms with E-state index in [-0.39, 0.29) is 0 Å². The summed E-state index contributed by atoms with van der Waals surface area (Å²) < 4.78 is 14.2. The summed E-state index contributed by atoms with van der Waals surface area (Å²) in [5, 5.41) is 0. The summed E-state index contributed by atoms with van der Waals surface area (Å²) >= 11 is 4.98. The van der Waals surface area contributed by atoms with E-state index in [2.05, 4.69) is 4.99 Å². The van der Waals surface area contributed by atoms with Gasteiger partial charge in [-0.1, -0.05) is 32.3 Å². The second-order valence-corrected chi connectivity index (χ2v) is 4.50. The first-order valence-corrected chi connectivity index (χ1v) is 4.55. The summed E-state index contributed by atoms with van der Waals surface area (Å²) in [5.74, 6) is -0.512. The van der Waals surface area contributed by atoms with E-state index in [4.69, 9.17) is 11.6 Å². The van der Waals surface area contributed by atoms with Gasteiger partial charge in [0.2, 0.25) is 5.97 Å². The molecule has 0 N–H and O–H groups in total. The smallest absolute Gasteiger partial charge is 0.226 e. The van der Waals surface area contributed by atoms with Gasteiger partial charge in [0.1, 0.15) is 2.97 Å². The van der Waals surface area contributed by atoms with E-state index in [9.17, 15) is 4.39 Å². The van der Waals surface area contributed by atoms with Crippen molar-refractivity contribution in [2.45, 2.75) is 0 Å². The number of aliphatic imine (C=N–C) groups is 1. The Kier molecular flexibility index (Phi) is 2.13. The Morgan fingerprint density at radius 2 is 2.50 bits per heavy atom. The molecule has 44 valence electrons. The highest BCUT2D eigenvalue weighted by molar-refractivity contribution is 14.2. The lowest BCUT2D eigenvalue weighted by atomic mass is 10.8. The van der Waals surface area contributed by atoms with E-state index in [1.807, 2.05) is 4.08 Å². The van der Waals surface area contributed by atoms with Crippen molar-refractivity contribution in [3.05, 3.63) is 10.3 Å². The topological polar surface area (TPSA) is 12.4 Å². The van der Waals surface area contributed by atoms with Gasteiger partial charge in [0.25, 0.3) is 0 Å². The number of hydrogen-bond acceptors (Lipinski definition) is 1. The zero-order valence-corrected chi connectivity index (χ0v) is 6.65. The molecular weight excluding hydrogens is 243 g/mol. The lowest BCUT2D eigenvalue weighted by molar-refractivity contribution is 0.824. The average molecular weight is 245 g/mol. The molecular formula is C4H2ClFIN. The molecule has 4 heteroatoms. The van der Waals surface area contributed by atoms with Crippen molar-refractivity contribution >= 4 is 41.3 Å². The molecule has 0 atom stereocenters. The Bertz CT molecular complexity index is 164. The van der Waals surface area contributed by atoms with Gasteiger partial charge in [0.15, 0.2) is 0 Å². The van der Waals surface area contributed by atoms with Crippen LogP contribution in [0.25, 0.3) is 0 Å². The number of halogens is 3. The van der Waals surface area contributed by atoms with E-state index in [1.165, 1.54) is 6.20 Å². The quantitative estimate of drug-likeness (QED) is 0.580. The molecule has 1 nitrogen and oxygen atoms in total. The zero-order valence-electron chi connectivity index (χ0n) is 3.74. The van der Waals surface area contributed by atoms with Crippen molar-refractivity contribution in [3.63, 3.8) is 0 Å². The minimum Gasteiger partial charge on any atom is -0.226 e. The first kappa shape index (κ1) is 6.35. The fourth-order valence-corrected chi connectivity index (χ4v) is 1.67. The van der Waals surface area contributed by atoms with Gasteiger partial charge in [-0.25, -0.2) is 4.99 Å². The zero-order chi connectivity index (χ0) is 5.98. The molecule has 1 rings (SSSR count). The van der Waals surface area contributed by atoms with Gasteiger partial charge in [0.05, 0.1) is 0 Å². The van der Waals surface area contributed by atoms with Gasteiger partial charge in [-0.2, -0.15) is 4.39 Å². The molecule has 0 aliphatic carbocycles. The Morgan fingerprint density at radius 1 is 1.75 bits per heavy atom. The van der Waals surface area contributed by atoms with Crippen LogP contribution in [0.4, 0.5) is 4.39 Å². The highest BCUT2D eigenvalue weighted by atomic mass is 127. The first-order valence-electron chi connectivity index (χ1n) is 1.85. The molecule has 8 heavy (non-hydrogen) atoms. The second kappa shape index (κ2) is 2.68. The van der Waals surface area contributed by atoms with E-state index < -0.39 is 26.7 Å². The Balaban J connectivity index is 2.93. The van der Waals surface area contributed by atoms with Crippen LogP contribution in [0.15, 0.2) is 15.3 Å². The normalized spacial score (nSPS) is 18.8. The summed E-state index contributed by atoms with van der Waals surface area (Å²) in [7, 11) is 0. The molecule has 0 saturated heterocycles. The van der Waals surface area contributed by atoms with E-state index in [0.29, 0.717) is 2.97 Å². The Hall–Kier alpha value is 0.230. The Morgan fingerprint density at radius 3 is 2.88 bits per heavy atom. The van der Waals surface area contributed by atoms with Crippen molar-refractivity contribution in [3.8, 4) is 0 Å². The SMILES string of the molecule is FC1=NC=CI=C1Cl. The molecule has 0 unspecified atom stereocenters. The summed E-state index contributed by atoms with van der Waals surface area (Å²) in [6, 6.07) is 0. The lowest BCUT2D eigenvalue weighted by Crippen LogP contribution is -1.97.